The zero-order chi connectivity index (χ0) is 23.1. The van der Waals surface area contributed by atoms with Crippen LogP contribution in [0.3, 0.4) is 0 Å². The van der Waals surface area contributed by atoms with Gasteiger partial charge in [0.2, 0.25) is 23.6 Å². The van der Waals surface area contributed by atoms with E-state index in [0.29, 0.717) is 6.54 Å². The Hall–Kier alpha value is -2.39. The molecule has 0 saturated heterocycles. The van der Waals surface area contributed by atoms with Crippen molar-refractivity contribution in [1.29, 1.82) is 0 Å². The van der Waals surface area contributed by atoms with Crippen LogP contribution < -0.4 is 28.1 Å². The van der Waals surface area contributed by atoms with Crippen LogP contribution >= 0.6 is 21.6 Å². The molecule has 0 saturated carbocycles. The fourth-order valence-electron chi connectivity index (χ4n) is 2.37. The monoisotopic (exact) mass is 472 g/mol. The van der Waals surface area contributed by atoms with Gasteiger partial charge in [-0.15, -0.1) is 0 Å². The van der Waals surface area contributed by atoms with Crippen molar-refractivity contribution in [2.24, 2.45) is 17.2 Å². The first-order chi connectivity index (χ1) is 14.8. The molecule has 0 fully saturated rings. The summed E-state index contributed by atoms with van der Waals surface area (Å²) >= 11 is 0. The molecule has 0 radical (unpaired) electrons. The highest BCUT2D eigenvalue weighted by Gasteiger charge is 2.17. The van der Waals surface area contributed by atoms with Crippen molar-refractivity contribution in [1.82, 2.24) is 25.6 Å². The molecule has 0 bridgehead atoms. The lowest BCUT2D eigenvalue weighted by atomic mass is 10.3. The van der Waals surface area contributed by atoms with Crippen molar-refractivity contribution in [3.63, 3.8) is 0 Å². The molecule has 14 heteroatoms. The van der Waals surface area contributed by atoms with Crippen molar-refractivity contribution < 1.29 is 19.2 Å². The Bertz CT molecular complexity index is 709. The van der Waals surface area contributed by atoms with E-state index in [9.17, 15) is 19.2 Å². The van der Waals surface area contributed by atoms with Crippen molar-refractivity contribution in [3.05, 3.63) is 24.4 Å². The van der Waals surface area contributed by atoms with Crippen LogP contribution in [0.4, 0.5) is 0 Å². The Labute approximate surface area is 188 Å². The second-order valence-electron chi connectivity index (χ2n) is 6.37. The molecular formula is C17H28N8O4S2. The lowest BCUT2D eigenvalue weighted by Crippen LogP contribution is -2.49. The van der Waals surface area contributed by atoms with Crippen LogP contribution in [0.25, 0.3) is 0 Å². The summed E-state index contributed by atoms with van der Waals surface area (Å²) in [5.74, 6) is -1.49. The fourth-order valence-corrected chi connectivity index (χ4v) is 4.15. The van der Waals surface area contributed by atoms with Gasteiger partial charge in [-0.2, -0.15) is 0 Å². The van der Waals surface area contributed by atoms with E-state index in [4.69, 9.17) is 17.2 Å². The lowest BCUT2D eigenvalue weighted by Gasteiger charge is -2.25. The topological polar surface area (TPSA) is 190 Å². The molecular weight excluding hydrogens is 444 g/mol. The van der Waals surface area contributed by atoms with Crippen LogP contribution in [-0.2, 0) is 19.2 Å². The summed E-state index contributed by atoms with van der Waals surface area (Å²) in [6.45, 7) is 0.314. The number of nitrogens with two attached hydrogens (primary N) is 3. The van der Waals surface area contributed by atoms with Gasteiger partial charge < -0.3 is 17.2 Å². The molecule has 12 nitrogen and oxygen atoms in total. The number of carbonyl (C=O) groups excluding carboxylic acids is 4. The predicted molar refractivity (Wildman–Crippen MR) is 119 cm³/mol. The first-order valence-electron chi connectivity index (χ1n) is 9.28. The van der Waals surface area contributed by atoms with Crippen molar-refractivity contribution in [2.75, 3.05) is 51.6 Å². The number of hydrazine groups is 1. The molecule has 172 valence electrons. The van der Waals surface area contributed by atoms with Gasteiger partial charge in [-0.25, -0.2) is 10.4 Å². The first-order valence-corrected chi connectivity index (χ1v) is 11.6. The average Bonchev–Trinajstić information content (AvgIpc) is 2.68. The van der Waals surface area contributed by atoms with E-state index in [-0.39, 0.29) is 45.2 Å². The number of primary amides is 3. The number of nitrogens with one attached hydrogen (secondary N) is 2. The van der Waals surface area contributed by atoms with Gasteiger partial charge in [-0.05, 0) is 22.9 Å². The van der Waals surface area contributed by atoms with E-state index in [1.807, 2.05) is 18.2 Å². The van der Waals surface area contributed by atoms with Gasteiger partial charge in [-0.1, -0.05) is 16.9 Å². The Kier molecular flexibility index (Phi) is 13.3. The lowest BCUT2D eigenvalue weighted by molar-refractivity contribution is -0.126. The third-order valence-electron chi connectivity index (χ3n) is 3.56. The fraction of sp³-hybridized carbons (Fsp3) is 0.471. The molecule has 8 N–H and O–H groups in total. The Morgan fingerprint density at radius 1 is 0.903 bits per heavy atom. The standard InChI is InChI=1S/C17H28N8O4S2/c18-13(26)9-24(10-14(19)27)6-7-25(11-15(20)28)12-16(29)23-22-5-8-30-31-17-3-1-2-4-21-17/h1-4,22H,5-12H2,(H2,18,26)(H2,19,27)(H2,20,28)(H,23,29). The molecule has 1 rings (SSSR count). The minimum atomic E-state index is -0.622. The number of amides is 4. The average molecular weight is 473 g/mol. The van der Waals surface area contributed by atoms with E-state index in [2.05, 4.69) is 15.8 Å². The maximum absolute atomic E-state index is 12.1. The van der Waals surface area contributed by atoms with E-state index in [1.54, 1.807) is 17.0 Å². The summed E-state index contributed by atoms with van der Waals surface area (Å²) in [6, 6.07) is 5.67. The smallest absolute Gasteiger partial charge is 0.248 e. The normalized spacial score (nSPS) is 10.9. The highest BCUT2D eigenvalue weighted by Crippen LogP contribution is 2.28. The molecule has 31 heavy (non-hydrogen) atoms. The van der Waals surface area contributed by atoms with E-state index < -0.39 is 17.7 Å². The Morgan fingerprint density at radius 3 is 2.00 bits per heavy atom. The van der Waals surface area contributed by atoms with Gasteiger partial charge in [0.05, 0.1) is 26.2 Å². The number of hydrogen-bond donors (Lipinski definition) is 5. The van der Waals surface area contributed by atoms with Gasteiger partial charge in [0.1, 0.15) is 5.03 Å². The number of nitrogens with zero attached hydrogens (tertiary/aromatic N) is 3. The van der Waals surface area contributed by atoms with Crippen LogP contribution in [0, 0.1) is 0 Å². The third kappa shape index (κ3) is 14.3. The Morgan fingerprint density at radius 2 is 1.48 bits per heavy atom. The minimum Gasteiger partial charge on any atom is -0.369 e. The number of pyridine rings is 1. The largest absolute Gasteiger partial charge is 0.369 e. The summed E-state index contributed by atoms with van der Waals surface area (Å²) in [7, 11) is 3.13. The molecule has 0 aromatic carbocycles. The molecule has 0 atom stereocenters. The molecule has 0 aliphatic rings. The summed E-state index contributed by atoms with van der Waals surface area (Å²) < 4.78 is 0. The van der Waals surface area contributed by atoms with Crippen molar-refractivity contribution in [2.45, 2.75) is 5.03 Å². The second kappa shape index (κ2) is 15.4. The minimum absolute atomic E-state index is 0.104. The van der Waals surface area contributed by atoms with Crippen LogP contribution in [0.5, 0.6) is 0 Å². The molecule has 1 aromatic heterocycles. The van der Waals surface area contributed by atoms with Crippen LogP contribution in [0.15, 0.2) is 29.4 Å². The Balaban J connectivity index is 2.34. The second-order valence-corrected chi connectivity index (χ2v) is 8.80. The van der Waals surface area contributed by atoms with E-state index in [1.165, 1.54) is 20.6 Å². The number of carbonyl (C=O) groups is 4. The molecule has 1 heterocycles. The maximum Gasteiger partial charge on any atom is 0.248 e. The predicted octanol–water partition coefficient (Wildman–Crippen LogP) is -2.50. The molecule has 0 aliphatic carbocycles. The third-order valence-corrected chi connectivity index (χ3v) is 5.82. The summed E-state index contributed by atoms with van der Waals surface area (Å²) in [4.78, 5) is 52.8. The highest BCUT2D eigenvalue weighted by atomic mass is 33.1. The quantitative estimate of drug-likeness (QED) is 0.0920. The number of hydrogen-bond acceptors (Lipinski definition) is 10. The summed E-state index contributed by atoms with van der Waals surface area (Å²) in [5, 5.41) is 0.903. The maximum atomic E-state index is 12.1. The molecule has 0 unspecified atom stereocenters. The molecule has 1 aromatic rings. The molecule has 0 spiro atoms. The number of rotatable bonds is 17. The van der Waals surface area contributed by atoms with Crippen molar-refractivity contribution >= 4 is 45.2 Å². The summed E-state index contributed by atoms with van der Waals surface area (Å²) in [6.07, 6.45) is 1.72. The number of aromatic nitrogens is 1. The van der Waals surface area contributed by atoms with Crippen LogP contribution in [0.2, 0.25) is 0 Å². The van der Waals surface area contributed by atoms with E-state index in [0.717, 1.165) is 10.8 Å². The van der Waals surface area contributed by atoms with Gasteiger partial charge in [0.25, 0.3) is 0 Å². The molecule has 4 amide bonds. The van der Waals surface area contributed by atoms with Gasteiger partial charge in [0, 0.05) is 31.6 Å². The zero-order valence-corrected chi connectivity index (χ0v) is 18.6. The van der Waals surface area contributed by atoms with Gasteiger partial charge in [-0.3, -0.25) is 34.4 Å². The van der Waals surface area contributed by atoms with Crippen LogP contribution in [0.1, 0.15) is 0 Å². The first kappa shape index (κ1) is 26.6. The highest BCUT2D eigenvalue weighted by molar-refractivity contribution is 8.76. The van der Waals surface area contributed by atoms with Crippen molar-refractivity contribution in [3.8, 4) is 0 Å². The van der Waals surface area contributed by atoms with Gasteiger partial charge >= 0.3 is 0 Å². The molecule has 0 aliphatic heterocycles. The zero-order valence-electron chi connectivity index (χ0n) is 17.0. The van der Waals surface area contributed by atoms with Gasteiger partial charge in [0.15, 0.2) is 0 Å². The van der Waals surface area contributed by atoms with E-state index >= 15 is 0 Å². The SMILES string of the molecule is NC(=O)CN(CCN(CC(N)=O)CC(=O)NNCCSSc1ccccn1)CC(N)=O. The van der Waals surface area contributed by atoms with Crippen LogP contribution in [-0.4, -0.2) is 90.0 Å². The summed E-state index contributed by atoms with van der Waals surface area (Å²) in [5.41, 5.74) is 20.9.